The second-order valence-corrected chi connectivity index (χ2v) is 6.81. The highest BCUT2D eigenvalue weighted by atomic mass is 35.5. The monoisotopic (exact) mass is 414 g/mol. The number of methoxy groups -OCH3 is 3. The van der Waals surface area contributed by atoms with E-state index in [0.29, 0.717) is 5.76 Å². The zero-order valence-electron chi connectivity index (χ0n) is 16.0. The zero-order valence-corrected chi connectivity index (χ0v) is 16.7. The van der Waals surface area contributed by atoms with E-state index in [1.165, 1.54) is 39.5 Å². The van der Waals surface area contributed by atoms with Crippen LogP contribution in [-0.4, -0.2) is 32.9 Å². The Labute approximate surface area is 169 Å². The summed E-state index contributed by atoms with van der Waals surface area (Å²) in [5.74, 6) is -0.453. The highest BCUT2D eigenvalue weighted by Crippen LogP contribution is 2.45. The maximum atomic E-state index is 13.4. The molecule has 0 saturated heterocycles. The maximum absolute atomic E-state index is 13.4. The number of halogens is 1. The van der Waals surface area contributed by atoms with Gasteiger partial charge in [-0.05, 0) is 19.1 Å². The molecule has 0 bridgehead atoms. The predicted molar refractivity (Wildman–Crippen MR) is 105 cm³/mol. The summed E-state index contributed by atoms with van der Waals surface area (Å²) in [5, 5.41) is 0.147. The van der Waals surface area contributed by atoms with Crippen LogP contribution in [0.25, 0.3) is 11.0 Å². The Bertz CT molecular complexity index is 1290. The third-order valence-corrected chi connectivity index (χ3v) is 5.21. The Morgan fingerprint density at radius 1 is 0.828 bits per heavy atom. The van der Waals surface area contributed by atoms with Crippen molar-refractivity contribution in [3.05, 3.63) is 61.5 Å². The van der Waals surface area contributed by atoms with E-state index in [1.54, 1.807) is 6.92 Å². The molecule has 0 atom stereocenters. The summed E-state index contributed by atoms with van der Waals surface area (Å²) >= 11 is 6.29. The van der Waals surface area contributed by atoms with E-state index in [4.69, 9.17) is 30.2 Å². The van der Waals surface area contributed by atoms with E-state index in [9.17, 15) is 14.4 Å². The van der Waals surface area contributed by atoms with Gasteiger partial charge in [0.15, 0.2) is 17.0 Å². The number of ketones is 2. The van der Waals surface area contributed by atoms with Gasteiger partial charge in [0.05, 0.1) is 32.5 Å². The van der Waals surface area contributed by atoms with Crippen molar-refractivity contribution in [2.24, 2.45) is 0 Å². The number of aryl methyl sites for hydroxylation is 1. The van der Waals surface area contributed by atoms with Crippen LogP contribution in [0.4, 0.5) is 0 Å². The zero-order chi connectivity index (χ0) is 21.0. The number of carbonyl (C=O) groups is 2. The predicted octanol–water partition coefficient (Wildman–Crippen LogP) is 3.56. The van der Waals surface area contributed by atoms with Crippen LogP contribution in [0.5, 0.6) is 17.2 Å². The number of benzene rings is 2. The minimum atomic E-state index is -0.547. The van der Waals surface area contributed by atoms with Gasteiger partial charge in [-0.3, -0.25) is 14.4 Å². The second-order valence-electron chi connectivity index (χ2n) is 6.43. The number of rotatable bonds is 3. The fraction of sp³-hybridized carbons (Fsp3) is 0.190. The van der Waals surface area contributed by atoms with E-state index in [1.807, 2.05) is 0 Å². The average Bonchev–Trinajstić information content (AvgIpc) is 2.69. The van der Waals surface area contributed by atoms with Gasteiger partial charge in [0.25, 0.3) is 0 Å². The molecule has 0 spiro atoms. The molecule has 0 fully saturated rings. The average molecular weight is 415 g/mol. The quantitative estimate of drug-likeness (QED) is 0.506. The van der Waals surface area contributed by atoms with Crippen molar-refractivity contribution >= 4 is 34.1 Å². The lowest BCUT2D eigenvalue weighted by atomic mass is 9.82. The number of carbonyl (C=O) groups excluding carboxylic acids is 2. The molecule has 4 rings (SSSR count). The molecule has 0 radical (unpaired) electrons. The van der Waals surface area contributed by atoms with Crippen LogP contribution in [0.1, 0.15) is 37.6 Å². The summed E-state index contributed by atoms with van der Waals surface area (Å²) in [5.41, 5.74) is -0.126. The Balaban J connectivity index is 2.16. The van der Waals surface area contributed by atoms with Gasteiger partial charge in [0.1, 0.15) is 33.3 Å². The highest BCUT2D eigenvalue weighted by molar-refractivity contribution is 6.37. The molecule has 1 aliphatic rings. The van der Waals surface area contributed by atoms with Crippen LogP contribution < -0.4 is 19.6 Å². The van der Waals surface area contributed by atoms with E-state index < -0.39 is 11.6 Å². The van der Waals surface area contributed by atoms with Crippen LogP contribution in [0.3, 0.4) is 0 Å². The van der Waals surface area contributed by atoms with Gasteiger partial charge in [-0.25, -0.2) is 0 Å². The molecule has 148 valence electrons. The smallest absolute Gasteiger partial charge is 0.202 e. The first-order valence-corrected chi connectivity index (χ1v) is 8.91. The third kappa shape index (κ3) is 2.54. The molecule has 0 aliphatic heterocycles. The van der Waals surface area contributed by atoms with Crippen LogP contribution in [0.2, 0.25) is 5.02 Å². The molecule has 0 N–H and O–H groups in total. The maximum Gasteiger partial charge on any atom is 0.202 e. The van der Waals surface area contributed by atoms with Crippen LogP contribution in [0, 0.1) is 6.92 Å². The molecule has 0 saturated carbocycles. The summed E-state index contributed by atoms with van der Waals surface area (Å²) in [4.78, 5) is 39.3. The van der Waals surface area contributed by atoms with E-state index >= 15 is 0 Å². The van der Waals surface area contributed by atoms with Gasteiger partial charge < -0.3 is 18.6 Å². The lowest BCUT2D eigenvalue weighted by Crippen LogP contribution is -2.24. The van der Waals surface area contributed by atoms with E-state index in [-0.39, 0.29) is 60.9 Å². The van der Waals surface area contributed by atoms with E-state index in [0.717, 1.165) is 0 Å². The summed E-state index contributed by atoms with van der Waals surface area (Å²) < 4.78 is 21.5. The topological polar surface area (TPSA) is 92.0 Å². The molecular formula is C21H15ClO7. The second kappa shape index (κ2) is 6.63. The summed E-state index contributed by atoms with van der Waals surface area (Å²) in [7, 11) is 4.05. The Morgan fingerprint density at radius 2 is 1.45 bits per heavy atom. The summed E-state index contributed by atoms with van der Waals surface area (Å²) in [6.07, 6.45) is 0. The lowest BCUT2D eigenvalue weighted by Gasteiger charge is -2.23. The van der Waals surface area contributed by atoms with E-state index in [2.05, 4.69) is 0 Å². The van der Waals surface area contributed by atoms with Crippen molar-refractivity contribution in [1.82, 2.24) is 0 Å². The first-order chi connectivity index (χ1) is 13.8. The van der Waals surface area contributed by atoms with Gasteiger partial charge in [0.2, 0.25) is 5.78 Å². The number of ether oxygens (including phenoxy) is 3. The van der Waals surface area contributed by atoms with Crippen molar-refractivity contribution in [3.63, 3.8) is 0 Å². The first kappa shape index (κ1) is 19.0. The van der Waals surface area contributed by atoms with Gasteiger partial charge in [-0.2, -0.15) is 0 Å². The molecule has 1 aliphatic carbocycles. The number of hydrogen-bond donors (Lipinski definition) is 0. The standard InChI is InChI=1S/C21H15ClO7/c1-8-5-11(23)16-12(29-8)6-9-14(20(16)27-3)19(25)15-10(18(9)24)7-13(26-2)17(22)21(15)28-4/h5-7H,1-4H3. The molecule has 7 nitrogen and oxygen atoms in total. The number of hydrogen-bond acceptors (Lipinski definition) is 7. The van der Waals surface area contributed by atoms with Crippen molar-refractivity contribution in [2.75, 3.05) is 21.3 Å². The fourth-order valence-corrected chi connectivity index (χ4v) is 3.95. The van der Waals surface area contributed by atoms with Crippen molar-refractivity contribution in [2.45, 2.75) is 6.92 Å². The normalized spacial score (nSPS) is 12.6. The van der Waals surface area contributed by atoms with Crippen LogP contribution >= 0.6 is 11.6 Å². The SMILES string of the molecule is COc1cc2c(c(OC)c1Cl)C(=O)c1c(cc3oc(C)cc(=O)c3c1OC)C2=O. The lowest BCUT2D eigenvalue weighted by molar-refractivity contribution is 0.0974. The Morgan fingerprint density at radius 3 is 2.07 bits per heavy atom. The van der Waals surface area contributed by atoms with Gasteiger partial charge in [0, 0.05) is 17.2 Å². The van der Waals surface area contributed by atoms with Gasteiger partial charge in [-0.15, -0.1) is 0 Å². The molecule has 8 heteroatoms. The number of fused-ring (bicyclic) bond motifs is 3. The van der Waals surface area contributed by atoms with Gasteiger partial charge in [-0.1, -0.05) is 11.6 Å². The fourth-order valence-electron chi connectivity index (χ4n) is 3.64. The van der Waals surface area contributed by atoms with Crippen molar-refractivity contribution in [3.8, 4) is 17.2 Å². The largest absolute Gasteiger partial charge is 0.495 e. The Kier molecular flexibility index (Phi) is 4.35. The van der Waals surface area contributed by atoms with Crippen LogP contribution in [-0.2, 0) is 0 Å². The van der Waals surface area contributed by atoms with Crippen molar-refractivity contribution in [1.29, 1.82) is 0 Å². The molecule has 1 heterocycles. The molecular weight excluding hydrogens is 400 g/mol. The molecule has 1 aromatic heterocycles. The molecule has 29 heavy (non-hydrogen) atoms. The van der Waals surface area contributed by atoms with Crippen molar-refractivity contribution < 1.29 is 28.2 Å². The summed E-state index contributed by atoms with van der Waals surface area (Å²) in [6.45, 7) is 1.62. The first-order valence-electron chi connectivity index (χ1n) is 8.53. The minimum Gasteiger partial charge on any atom is -0.495 e. The molecule has 2 aromatic carbocycles. The molecule has 0 amide bonds. The highest BCUT2D eigenvalue weighted by Gasteiger charge is 2.38. The Hall–Kier alpha value is -3.32. The summed E-state index contributed by atoms with van der Waals surface area (Å²) in [6, 6.07) is 4.08. The minimum absolute atomic E-state index is 0.00931. The van der Waals surface area contributed by atoms with Gasteiger partial charge >= 0.3 is 0 Å². The van der Waals surface area contributed by atoms with Crippen LogP contribution in [0.15, 0.2) is 27.4 Å². The molecule has 0 unspecified atom stereocenters. The third-order valence-electron chi connectivity index (χ3n) is 4.86. The molecule has 3 aromatic rings.